The minimum atomic E-state index is -0.417. The van der Waals surface area contributed by atoms with Gasteiger partial charge in [0.2, 0.25) is 0 Å². The molecule has 0 radical (unpaired) electrons. The highest BCUT2D eigenvalue weighted by molar-refractivity contribution is 5.43. The highest BCUT2D eigenvalue weighted by Crippen LogP contribution is 2.36. The summed E-state index contributed by atoms with van der Waals surface area (Å²) in [5.74, 6) is 1.49. The lowest BCUT2D eigenvalue weighted by atomic mass is 10.00. The number of aliphatic hydroxyl groups is 1. The Morgan fingerprint density at radius 3 is 3.00 bits per heavy atom. The summed E-state index contributed by atoms with van der Waals surface area (Å²) in [6.45, 7) is 1.95. The summed E-state index contributed by atoms with van der Waals surface area (Å²) in [7, 11) is 1.62. The molecule has 0 aliphatic carbocycles. The van der Waals surface area contributed by atoms with E-state index in [1.165, 1.54) is 0 Å². The highest BCUT2D eigenvalue weighted by atomic mass is 16.5. The third kappa shape index (κ3) is 1.55. The fourth-order valence-corrected chi connectivity index (χ4v) is 1.73. The first-order valence-corrected chi connectivity index (χ1v) is 4.73. The fourth-order valence-electron chi connectivity index (χ4n) is 1.73. The van der Waals surface area contributed by atoms with Crippen molar-refractivity contribution in [2.45, 2.75) is 25.6 Å². The third-order valence-corrected chi connectivity index (χ3v) is 2.46. The van der Waals surface area contributed by atoms with E-state index in [0.717, 1.165) is 17.1 Å². The summed E-state index contributed by atoms with van der Waals surface area (Å²) in [5.41, 5.74) is 0.851. The van der Waals surface area contributed by atoms with Gasteiger partial charge in [-0.05, 0) is 19.1 Å². The number of rotatable bonds is 1. The van der Waals surface area contributed by atoms with Crippen LogP contribution in [0.3, 0.4) is 0 Å². The molecule has 1 heterocycles. The van der Waals surface area contributed by atoms with Crippen molar-refractivity contribution in [3.8, 4) is 11.5 Å². The van der Waals surface area contributed by atoms with Gasteiger partial charge in [-0.15, -0.1) is 0 Å². The molecule has 1 N–H and O–H groups in total. The number of methoxy groups -OCH3 is 1. The van der Waals surface area contributed by atoms with Gasteiger partial charge >= 0.3 is 0 Å². The summed E-state index contributed by atoms with van der Waals surface area (Å²) in [6, 6.07) is 5.50. The molecule has 0 aromatic heterocycles. The highest BCUT2D eigenvalue weighted by Gasteiger charge is 2.24. The van der Waals surface area contributed by atoms with E-state index in [4.69, 9.17) is 9.47 Å². The smallest absolute Gasteiger partial charge is 0.129 e. The maximum absolute atomic E-state index is 9.77. The van der Waals surface area contributed by atoms with Crippen LogP contribution in [0, 0.1) is 0 Å². The van der Waals surface area contributed by atoms with Crippen LogP contribution in [0.25, 0.3) is 0 Å². The van der Waals surface area contributed by atoms with E-state index in [1.54, 1.807) is 7.11 Å². The second-order valence-corrected chi connectivity index (χ2v) is 3.58. The van der Waals surface area contributed by atoms with Crippen LogP contribution in [0.15, 0.2) is 18.2 Å². The zero-order valence-corrected chi connectivity index (χ0v) is 8.36. The van der Waals surface area contributed by atoms with Crippen LogP contribution in [0.4, 0.5) is 0 Å². The average molecular weight is 194 g/mol. The van der Waals surface area contributed by atoms with Crippen molar-refractivity contribution in [3.63, 3.8) is 0 Å². The van der Waals surface area contributed by atoms with Crippen LogP contribution < -0.4 is 9.47 Å². The average Bonchev–Trinajstić information content (AvgIpc) is 2.16. The van der Waals surface area contributed by atoms with E-state index in [2.05, 4.69) is 0 Å². The van der Waals surface area contributed by atoms with Crippen LogP contribution in [0.5, 0.6) is 11.5 Å². The van der Waals surface area contributed by atoms with Crippen molar-refractivity contribution < 1.29 is 14.6 Å². The van der Waals surface area contributed by atoms with Crippen molar-refractivity contribution in [2.24, 2.45) is 0 Å². The van der Waals surface area contributed by atoms with Crippen molar-refractivity contribution in [2.75, 3.05) is 7.11 Å². The molecule has 0 saturated heterocycles. The lowest BCUT2D eigenvalue weighted by Crippen LogP contribution is -2.22. The Bertz CT molecular complexity index is 335. The van der Waals surface area contributed by atoms with Crippen LogP contribution in [-0.4, -0.2) is 18.3 Å². The molecule has 14 heavy (non-hydrogen) atoms. The first kappa shape index (κ1) is 9.34. The Balaban J connectivity index is 2.39. The number of hydrogen-bond acceptors (Lipinski definition) is 3. The molecule has 1 aliphatic heterocycles. The molecular weight excluding hydrogens is 180 g/mol. The summed E-state index contributed by atoms with van der Waals surface area (Å²) < 4.78 is 10.7. The molecule has 0 fully saturated rings. The predicted molar refractivity (Wildman–Crippen MR) is 52.7 cm³/mol. The molecule has 1 aromatic rings. The van der Waals surface area contributed by atoms with Gasteiger partial charge in [0.05, 0.1) is 19.3 Å². The number of aliphatic hydroxyl groups excluding tert-OH is 1. The Morgan fingerprint density at radius 1 is 1.50 bits per heavy atom. The minimum Gasteiger partial charge on any atom is -0.497 e. The zero-order chi connectivity index (χ0) is 10.1. The molecule has 1 aliphatic rings. The molecule has 76 valence electrons. The summed E-state index contributed by atoms with van der Waals surface area (Å²) in [5, 5.41) is 9.77. The van der Waals surface area contributed by atoms with Crippen LogP contribution in [0.1, 0.15) is 25.0 Å². The van der Waals surface area contributed by atoms with Crippen LogP contribution >= 0.6 is 0 Å². The van der Waals surface area contributed by atoms with Gasteiger partial charge in [0, 0.05) is 18.1 Å². The van der Waals surface area contributed by atoms with Gasteiger partial charge < -0.3 is 14.6 Å². The SMILES string of the molecule is COc1ccc2c(c1)OC(C)CC2O. The topological polar surface area (TPSA) is 38.7 Å². The van der Waals surface area contributed by atoms with Crippen molar-refractivity contribution >= 4 is 0 Å². The quantitative estimate of drug-likeness (QED) is 0.742. The first-order chi connectivity index (χ1) is 6.70. The second-order valence-electron chi connectivity index (χ2n) is 3.58. The molecule has 3 heteroatoms. The van der Waals surface area contributed by atoms with E-state index in [1.807, 2.05) is 25.1 Å². The lowest BCUT2D eigenvalue weighted by molar-refractivity contribution is 0.0747. The Kier molecular flexibility index (Phi) is 2.33. The maximum Gasteiger partial charge on any atom is 0.129 e. The fraction of sp³-hybridized carbons (Fsp3) is 0.455. The Hall–Kier alpha value is -1.22. The van der Waals surface area contributed by atoms with Crippen molar-refractivity contribution in [1.29, 1.82) is 0 Å². The van der Waals surface area contributed by atoms with Crippen molar-refractivity contribution in [1.82, 2.24) is 0 Å². The Labute approximate surface area is 83.3 Å². The number of benzene rings is 1. The van der Waals surface area contributed by atoms with Gasteiger partial charge in [0.15, 0.2) is 0 Å². The van der Waals surface area contributed by atoms with Gasteiger partial charge in [-0.25, -0.2) is 0 Å². The molecule has 0 saturated carbocycles. The lowest BCUT2D eigenvalue weighted by Gasteiger charge is -2.27. The molecule has 2 atom stereocenters. The second kappa shape index (κ2) is 3.50. The summed E-state index contributed by atoms with van der Waals surface area (Å²) >= 11 is 0. The normalized spacial score (nSPS) is 25.1. The van der Waals surface area contributed by atoms with E-state index in [-0.39, 0.29) is 6.10 Å². The molecule has 0 bridgehead atoms. The molecular formula is C11H14O3. The molecule has 0 spiro atoms. The largest absolute Gasteiger partial charge is 0.497 e. The van der Waals surface area contributed by atoms with E-state index >= 15 is 0 Å². The summed E-state index contributed by atoms with van der Waals surface area (Å²) in [6.07, 6.45) is 0.295. The van der Waals surface area contributed by atoms with Gasteiger partial charge in [0.25, 0.3) is 0 Å². The van der Waals surface area contributed by atoms with E-state index in [0.29, 0.717) is 6.42 Å². The Morgan fingerprint density at radius 2 is 2.29 bits per heavy atom. The third-order valence-electron chi connectivity index (χ3n) is 2.46. The standard InChI is InChI=1S/C11H14O3/c1-7-5-10(12)9-4-3-8(13-2)6-11(9)14-7/h3-4,6-7,10,12H,5H2,1-2H3. The predicted octanol–water partition coefficient (Wildman–Crippen LogP) is 1.90. The molecule has 0 amide bonds. The van der Waals surface area contributed by atoms with Crippen LogP contribution in [0.2, 0.25) is 0 Å². The van der Waals surface area contributed by atoms with Gasteiger partial charge in [-0.3, -0.25) is 0 Å². The van der Waals surface area contributed by atoms with Crippen LogP contribution in [-0.2, 0) is 0 Å². The van der Waals surface area contributed by atoms with Gasteiger partial charge in [0.1, 0.15) is 11.5 Å². The van der Waals surface area contributed by atoms with Gasteiger partial charge in [-0.1, -0.05) is 0 Å². The maximum atomic E-state index is 9.77. The summed E-state index contributed by atoms with van der Waals surface area (Å²) in [4.78, 5) is 0. The van der Waals surface area contributed by atoms with E-state index in [9.17, 15) is 5.11 Å². The first-order valence-electron chi connectivity index (χ1n) is 4.73. The number of ether oxygens (including phenoxy) is 2. The number of hydrogen-bond donors (Lipinski definition) is 1. The monoisotopic (exact) mass is 194 g/mol. The molecule has 2 rings (SSSR count). The molecule has 3 nitrogen and oxygen atoms in total. The molecule has 2 unspecified atom stereocenters. The van der Waals surface area contributed by atoms with Crippen molar-refractivity contribution in [3.05, 3.63) is 23.8 Å². The number of fused-ring (bicyclic) bond motifs is 1. The zero-order valence-electron chi connectivity index (χ0n) is 8.36. The van der Waals surface area contributed by atoms with E-state index < -0.39 is 6.10 Å². The molecule has 1 aromatic carbocycles. The minimum absolute atomic E-state index is 0.0598. The van der Waals surface area contributed by atoms with Gasteiger partial charge in [-0.2, -0.15) is 0 Å².